The molecule has 0 saturated carbocycles. The Morgan fingerprint density at radius 1 is 1.42 bits per heavy atom. The first-order valence-corrected chi connectivity index (χ1v) is 6.36. The third-order valence-corrected chi connectivity index (χ3v) is 2.73. The predicted octanol–water partition coefficient (Wildman–Crippen LogP) is 1.30. The van der Waals surface area contributed by atoms with Crippen LogP contribution in [-0.4, -0.2) is 47.6 Å². The van der Waals surface area contributed by atoms with Crippen molar-refractivity contribution < 1.29 is 18.0 Å². The van der Waals surface area contributed by atoms with Crippen molar-refractivity contribution in [2.24, 2.45) is 11.7 Å². The molecule has 0 aromatic rings. The highest BCUT2D eigenvalue weighted by Gasteiger charge is 2.42. The molecule has 0 saturated heterocycles. The fraction of sp³-hybridized carbons (Fsp3) is 0.818. The Morgan fingerprint density at radius 3 is 2.26 bits per heavy atom. The minimum absolute atomic E-state index is 0.0554. The van der Waals surface area contributed by atoms with Crippen LogP contribution in [0.1, 0.15) is 20.8 Å². The Bertz CT molecular complexity index is 321. The summed E-state index contributed by atoms with van der Waals surface area (Å²) in [5.41, 5.74) is 5.12. The summed E-state index contributed by atoms with van der Waals surface area (Å²) in [6.45, 7) is 5.03. The number of amides is 1. The number of halogens is 3. The van der Waals surface area contributed by atoms with Crippen molar-refractivity contribution in [2.75, 3.05) is 19.6 Å². The van der Waals surface area contributed by atoms with E-state index in [-0.39, 0.29) is 18.5 Å². The van der Waals surface area contributed by atoms with Crippen molar-refractivity contribution in [1.82, 2.24) is 10.2 Å². The number of hydrogen-bond donors (Lipinski definition) is 2. The van der Waals surface area contributed by atoms with E-state index in [1.165, 1.54) is 4.90 Å². The number of nitrogens with zero attached hydrogens (tertiary/aromatic N) is 1. The minimum atomic E-state index is -4.49. The summed E-state index contributed by atoms with van der Waals surface area (Å²) in [5, 5.41) is 2.62. The summed E-state index contributed by atoms with van der Waals surface area (Å²) in [5.74, 6) is -2.21. The number of nitrogens with one attached hydrogen (secondary N) is 1. The lowest BCUT2D eigenvalue weighted by Crippen LogP contribution is -2.47. The van der Waals surface area contributed by atoms with Crippen molar-refractivity contribution in [2.45, 2.75) is 33.0 Å². The fourth-order valence-corrected chi connectivity index (χ4v) is 1.70. The molecule has 1 amide bonds. The average Bonchev–Trinajstić information content (AvgIpc) is 2.20. The Labute approximate surface area is 116 Å². The van der Waals surface area contributed by atoms with Gasteiger partial charge in [-0.15, -0.1) is 0 Å². The van der Waals surface area contributed by atoms with Crippen LogP contribution in [0, 0.1) is 5.92 Å². The molecule has 0 heterocycles. The summed E-state index contributed by atoms with van der Waals surface area (Å²) in [6.07, 6.45) is -4.49. The molecule has 112 valence electrons. The van der Waals surface area contributed by atoms with E-state index in [9.17, 15) is 18.0 Å². The van der Waals surface area contributed by atoms with E-state index in [2.05, 4.69) is 17.5 Å². The summed E-state index contributed by atoms with van der Waals surface area (Å²) in [7, 11) is 0. The normalized spacial score (nSPS) is 13.7. The van der Waals surface area contributed by atoms with Crippen LogP contribution >= 0.6 is 12.2 Å². The zero-order valence-electron chi connectivity index (χ0n) is 11.3. The first-order chi connectivity index (χ1) is 8.57. The van der Waals surface area contributed by atoms with Crippen LogP contribution in [0.4, 0.5) is 13.2 Å². The number of likely N-dealkylation sites (N-methyl/N-ethyl adjacent to an activating group) is 1. The molecule has 0 aliphatic carbocycles. The largest absolute Gasteiger partial charge is 0.399 e. The maximum Gasteiger partial charge on any atom is 0.399 e. The zero-order chi connectivity index (χ0) is 15.2. The lowest BCUT2D eigenvalue weighted by molar-refractivity contribution is -0.160. The van der Waals surface area contributed by atoms with Gasteiger partial charge in [-0.3, -0.25) is 9.69 Å². The number of rotatable bonds is 7. The molecule has 0 rings (SSSR count). The van der Waals surface area contributed by atoms with Crippen LogP contribution in [0.2, 0.25) is 0 Å². The number of alkyl halides is 3. The van der Waals surface area contributed by atoms with E-state index in [1.807, 2.05) is 0 Å². The summed E-state index contributed by atoms with van der Waals surface area (Å²) in [6, 6.07) is -0.0554. The standard InChI is InChI=1S/C11H20F3N3OS/c1-4-17(6-9(18)16-7(2)3)5-8(10(15)19)11(12,13)14/h7-8H,4-6H2,1-3H3,(H2,15,19)(H,16,18). The van der Waals surface area contributed by atoms with Gasteiger partial charge in [-0.05, 0) is 20.4 Å². The number of carbonyl (C=O) groups excluding carboxylic acids is 1. The van der Waals surface area contributed by atoms with Gasteiger partial charge in [0, 0.05) is 12.6 Å². The van der Waals surface area contributed by atoms with Gasteiger partial charge in [-0.1, -0.05) is 19.1 Å². The van der Waals surface area contributed by atoms with Crippen LogP contribution in [0.5, 0.6) is 0 Å². The topological polar surface area (TPSA) is 58.4 Å². The smallest absolute Gasteiger partial charge is 0.393 e. The van der Waals surface area contributed by atoms with Gasteiger partial charge in [0.25, 0.3) is 0 Å². The minimum Gasteiger partial charge on any atom is -0.393 e. The molecule has 4 nitrogen and oxygen atoms in total. The second-order valence-corrected chi connectivity index (χ2v) is 5.02. The lowest BCUT2D eigenvalue weighted by Gasteiger charge is -2.27. The quantitative estimate of drug-likeness (QED) is 0.696. The van der Waals surface area contributed by atoms with Gasteiger partial charge < -0.3 is 11.1 Å². The van der Waals surface area contributed by atoms with E-state index in [1.54, 1.807) is 20.8 Å². The molecule has 0 aromatic carbocycles. The van der Waals surface area contributed by atoms with Crippen molar-refractivity contribution in [3.63, 3.8) is 0 Å². The van der Waals surface area contributed by atoms with Crippen LogP contribution in [0.15, 0.2) is 0 Å². The van der Waals surface area contributed by atoms with Gasteiger partial charge >= 0.3 is 6.18 Å². The molecule has 8 heteroatoms. The monoisotopic (exact) mass is 299 g/mol. The third-order valence-electron chi connectivity index (χ3n) is 2.44. The number of carbonyl (C=O) groups is 1. The molecule has 1 unspecified atom stereocenters. The summed E-state index contributed by atoms with van der Waals surface area (Å²) >= 11 is 4.45. The SMILES string of the molecule is CCN(CC(=O)NC(C)C)CC(C(N)=S)C(F)(F)F. The molecular formula is C11H20F3N3OS. The molecule has 3 N–H and O–H groups in total. The number of hydrogen-bond acceptors (Lipinski definition) is 3. The van der Waals surface area contributed by atoms with Crippen LogP contribution in [-0.2, 0) is 4.79 Å². The first kappa shape index (κ1) is 18.1. The van der Waals surface area contributed by atoms with E-state index in [0.717, 1.165) is 0 Å². The van der Waals surface area contributed by atoms with Crippen molar-refractivity contribution in [1.29, 1.82) is 0 Å². The molecule has 1 atom stereocenters. The van der Waals surface area contributed by atoms with Crippen LogP contribution in [0.3, 0.4) is 0 Å². The van der Waals surface area contributed by atoms with Crippen LogP contribution < -0.4 is 11.1 Å². The third kappa shape index (κ3) is 7.31. The number of nitrogens with two attached hydrogens (primary N) is 1. The van der Waals surface area contributed by atoms with E-state index >= 15 is 0 Å². The summed E-state index contributed by atoms with van der Waals surface area (Å²) in [4.78, 5) is 12.3. The number of thiocarbonyl (C=S) groups is 1. The highest BCUT2D eigenvalue weighted by molar-refractivity contribution is 7.80. The Hall–Kier alpha value is -0.890. The maximum atomic E-state index is 12.7. The molecule has 0 aromatic heterocycles. The molecule has 0 aliphatic heterocycles. The van der Waals surface area contributed by atoms with E-state index < -0.39 is 23.6 Å². The Balaban J connectivity index is 4.61. The molecule has 0 spiro atoms. The molecule has 19 heavy (non-hydrogen) atoms. The highest BCUT2D eigenvalue weighted by atomic mass is 32.1. The molecule has 0 bridgehead atoms. The van der Waals surface area contributed by atoms with Gasteiger partial charge in [0.2, 0.25) is 5.91 Å². The zero-order valence-corrected chi connectivity index (χ0v) is 12.1. The molecule has 0 radical (unpaired) electrons. The van der Waals surface area contributed by atoms with E-state index in [0.29, 0.717) is 6.54 Å². The Morgan fingerprint density at radius 2 is 1.95 bits per heavy atom. The van der Waals surface area contributed by atoms with Crippen molar-refractivity contribution >= 4 is 23.1 Å². The average molecular weight is 299 g/mol. The first-order valence-electron chi connectivity index (χ1n) is 5.95. The second-order valence-electron chi connectivity index (χ2n) is 4.55. The van der Waals surface area contributed by atoms with Gasteiger partial charge in [-0.2, -0.15) is 13.2 Å². The molecule has 0 fully saturated rings. The van der Waals surface area contributed by atoms with Gasteiger partial charge in [-0.25, -0.2) is 0 Å². The second kappa shape index (κ2) is 7.64. The van der Waals surface area contributed by atoms with Gasteiger partial charge in [0.05, 0.1) is 11.5 Å². The van der Waals surface area contributed by atoms with Crippen molar-refractivity contribution in [3.8, 4) is 0 Å². The van der Waals surface area contributed by atoms with Crippen LogP contribution in [0.25, 0.3) is 0 Å². The fourth-order valence-electron chi connectivity index (χ4n) is 1.49. The Kier molecular flexibility index (Phi) is 7.28. The maximum absolute atomic E-state index is 12.7. The summed E-state index contributed by atoms with van der Waals surface area (Å²) < 4.78 is 38.2. The van der Waals surface area contributed by atoms with E-state index in [4.69, 9.17) is 5.73 Å². The highest BCUT2D eigenvalue weighted by Crippen LogP contribution is 2.27. The van der Waals surface area contributed by atoms with Crippen molar-refractivity contribution in [3.05, 3.63) is 0 Å². The predicted molar refractivity (Wildman–Crippen MR) is 71.7 cm³/mol. The molecular weight excluding hydrogens is 279 g/mol. The lowest BCUT2D eigenvalue weighted by atomic mass is 10.1. The van der Waals surface area contributed by atoms with Gasteiger partial charge in [0.1, 0.15) is 5.92 Å². The van der Waals surface area contributed by atoms with Gasteiger partial charge in [0.15, 0.2) is 0 Å². The molecule has 0 aliphatic rings.